The first-order valence-corrected chi connectivity index (χ1v) is 6.30. The summed E-state index contributed by atoms with van der Waals surface area (Å²) in [7, 11) is 0. The second-order valence-corrected chi connectivity index (χ2v) is 4.80. The van der Waals surface area contributed by atoms with E-state index in [0.29, 0.717) is 24.3 Å². The average molecular weight is 263 g/mol. The van der Waals surface area contributed by atoms with Crippen molar-refractivity contribution in [2.45, 2.75) is 27.2 Å². The third-order valence-corrected chi connectivity index (χ3v) is 2.77. The number of carbonyl (C=O) groups is 2. The first-order valence-electron chi connectivity index (χ1n) is 6.30. The van der Waals surface area contributed by atoms with E-state index in [-0.39, 0.29) is 17.7 Å². The van der Waals surface area contributed by atoms with Crippen LogP contribution in [-0.4, -0.2) is 18.4 Å². The van der Waals surface area contributed by atoms with Gasteiger partial charge in [0.2, 0.25) is 11.8 Å². The normalized spacial score (nSPS) is 11.8. The topological polar surface area (TPSA) is 84.2 Å². The van der Waals surface area contributed by atoms with Gasteiger partial charge in [-0.1, -0.05) is 13.0 Å². The van der Waals surface area contributed by atoms with E-state index in [1.54, 1.807) is 6.07 Å². The summed E-state index contributed by atoms with van der Waals surface area (Å²) in [6.07, 6.45) is 0.389. The molecule has 0 aliphatic rings. The molecule has 0 aliphatic carbocycles. The number of aryl methyl sites for hydroxylation is 1. The van der Waals surface area contributed by atoms with Crippen molar-refractivity contribution in [2.75, 3.05) is 17.2 Å². The molecule has 0 fully saturated rings. The van der Waals surface area contributed by atoms with E-state index in [2.05, 4.69) is 10.6 Å². The van der Waals surface area contributed by atoms with Crippen LogP contribution >= 0.6 is 0 Å². The highest BCUT2D eigenvalue weighted by atomic mass is 16.2. The molecule has 4 N–H and O–H groups in total. The number of nitrogens with one attached hydrogen (secondary N) is 2. The molecule has 0 heterocycles. The van der Waals surface area contributed by atoms with Crippen LogP contribution in [0, 0.1) is 12.8 Å². The van der Waals surface area contributed by atoms with Crippen molar-refractivity contribution in [3.63, 3.8) is 0 Å². The largest absolute Gasteiger partial charge is 0.330 e. The van der Waals surface area contributed by atoms with Crippen LogP contribution in [0.25, 0.3) is 0 Å². The lowest BCUT2D eigenvalue weighted by atomic mass is 10.1. The van der Waals surface area contributed by atoms with Crippen LogP contribution in [0.4, 0.5) is 11.4 Å². The zero-order chi connectivity index (χ0) is 14.4. The second-order valence-electron chi connectivity index (χ2n) is 4.80. The highest BCUT2D eigenvalue weighted by Gasteiger charge is 2.09. The Bertz CT molecular complexity index is 472. The summed E-state index contributed by atoms with van der Waals surface area (Å²) in [6, 6.07) is 5.42. The lowest BCUT2D eigenvalue weighted by Crippen LogP contribution is -2.20. The zero-order valence-electron chi connectivity index (χ0n) is 11.6. The fourth-order valence-electron chi connectivity index (χ4n) is 1.64. The van der Waals surface area contributed by atoms with E-state index in [9.17, 15) is 9.59 Å². The van der Waals surface area contributed by atoms with E-state index in [4.69, 9.17) is 5.73 Å². The molecule has 0 radical (unpaired) electrons. The molecule has 2 amide bonds. The Balaban J connectivity index is 2.74. The zero-order valence-corrected chi connectivity index (χ0v) is 11.6. The van der Waals surface area contributed by atoms with Gasteiger partial charge in [-0.2, -0.15) is 0 Å². The fraction of sp³-hybridized carbons (Fsp3) is 0.429. The second kappa shape index (κ2) is 6.89. The van der Waals surface area contributed by atoms with Crippen molar-refractivity contribution in [1.29, 1.82) is 0 Å². The monoisotopic (exact) mass is 263 g/mol. The van der Waals surface area contributed by atoms with Gasteiger partial charge in [0.15, 0.2) is 0 Å². The van der Waals surface area contributed by atoms with Crippen LogP contribution in [0.3, 0.4) is 0 Å². The standard InChI is InChI=1S/C14H21N3O2/c1-9(8-15)6-14(19)17-12-5-4-10(2)13(7-12)16-11(3)18/h4-5,7,9H,6,8,15H2,1-3H3,(H,16,18)(H,17,19). The van der Waals surface area contributed by atoms with Gasteiger partial charge in [0.25, 0.3) is 0 Å². The molecular weight excluding hydrogens is 242 g/mol. The number of nitrogens with two attached hydrogens (primary N) is 1. The first-order chi connectivity index (χ1) is 8.92. The minimum atomic E-state index is -0.136. The molecule has 1 unspecified atom stereocenters. The molecule has 0 aliphatic heterocycles. The van der Waals surface area contributed by atoms with E-state index in [1.165, 1.54) is 6.92 Å². The van der Waals surface area contributed by atoms with Gasteiger partial charge in [-0.3, -0.25) is 9.59 Å². The quantitative estimate of drug-likeness (QED) is 0.758. The first kappa shape index (κ1) is 15.2. The van der Waals surface area contributed by atoms with Gasteiger partial charge in [-0.05, 0) is 37.1 Å². The van der Waals surface area contributed by atoms with E-state index >= 15 is 0 Å². The summed E-state index contributed by atoms with van der Waals surface area (Å²) in [4.78, 5) is 22.8. The number of hydrogen-bond acceptors (Lipinski definition) is 3. The van der Waals surface area contributed by atoms with Crippen molar-refractivity contribution in [3.05, 3.63) is 23.8 Å². The Hall–Kier alpha value is -1.88. The van der Waals surface area contributed by atoms with E-state index in [0.717, 1.165) is 5.56 Å². The lowest BCUT2D eigenvalue weighted by molar-refractivity contribution is -0.117. The van der Waals surface area contributed by atoms with Crippen molar-refractivity contribution >= 4 is 23.2 Å². The molecule has 0 spiro atoms. The Kier molecular flexibility index (Phi) is 5.51. The number of hydrogen-bond donors (Lipinski definition) is 3. The molecule has 1 aromatic carbocycles. The molecular formula is C14H21N3O2. The Labute approximate surface area is 113 Å². The lowest BCUT2D eigenvalue weighted by Gasteiger charge is -2.12. The maximum Gasteiger partial charge on any atom is 0.224 e. The van der Waals surface area contributed by atoms with Crippen LogP contribution < -0.4 is 16.4 Å². The predicted octanol–water partition coefficient (Wildman–Crippen LogP) is 1.88. The summed E-state index contributed by atoms with van der Waals surface area (Å²) in [5, 5.41) is 5.53. The van der Waals surface area contributed by atoms with Crippen LogP contribution in [-0.2, 0) is 9.59 Å². The van der Waals surface area contributed by atoms with Gasteiger partial charge < -0.3 is 16.4 Å². The molecule has 104 valence electrons. The number of rotatable bonds is 5. The Morgan fingerprint density at radius 2 is 2.00 bits per heavy atom. The van der Waals surface area contributed by atoms with Gasteiger partial charge in [0.1, 0.15) is 0 Å². The van der Waals surface area contributed by atoms with Crippen LogP contribution in [0.1, 0.15) is 25.8 Å². The van der Waals surface area contributed by atoms with E-state index in [1.807, 2.05) is 26.0 Å². The molecule has 1 rings (SSSR count). The minimum absolute atomic E-state index is 0.0735. The van der Waals surface area contributed by atoms with Crippen molar-refractivity contribution in [2.24, 2.45) is 11.7 Å². The maximum absolute atomic E-state index is 11.7. The molecule has 19 heavy (non-hydrogen) atoms. The summed E-state index contributed by atoms with van der Waals surface area (Å²) in [5.41, 5.74) is 7.81. The van der Waals surface area contributed by atoms with Crippen LogP contribution in [0.5, 0.6) is 0 Å². The average Bonchev–Trinajstić information content (AvgIpc) is 2.32. The Morgan fingerprint density at radius 1 is 1.32 bits per heavy atom. The molecule has 5 heteroatoms. The predicted molar refractivity (Wildman–Crippen MR) is 76.9 cm³/mol. The van der Waals surface area contributed by atoms with Crippen molar-refractivity contribution < 1.29 is 9.59 Å². The number of anilines is 2. The molecule has 0 bridgehead atoms. The summed E-state index contributed by atoms with van der Waals surface area (Å²) < 4.78 is 0. The summed E-state index contributed by atoms with van der Waals surface area (Å²) >= 11 is 0. The molecule has 0 aromatic heterocycles. The number of carbonyl (C=O) groups excluding carboxylic acids is 2. The Morgan fingerprint density at radius 3 is 2.58 bits per heavy atom. The van der Waals surface area contributed by atoms with E-state index < -0.39 is 0 Å². The van der Waals surface area contributed by atoms with Gasteiger partial charge >= 0.3 is 0 Å². The fourth-order valence-corrected chi connectivity index (χ4v) is 1.64. The summed E-state index contributed by atoms with van der Waals surface area (Å²) in [6.45, 7) is 5.76. The highest BCUT2D eigenvalue weighted by molar-refractivity contribution is 5.94. The number of benzene rings is 1. The van der Waals surface area contributed by atoms with Crippen LogP contribution in [0.2, 0.25) is 0 Å². The van der Waals surface area contributed by atoms with Gasteiger partial charge in [-0.25, -0.2) is 0 Å². The molecule has 5 nitrogen and oxygen atoms in total. The molecule has 0 saturated carbocycles. The van der Waals surface area contributed by atoms with Gasteiger partial charge in [-0.15, -0.1) is 0 Å². The smallest absolute Gasteiger partial charge is 0.224 e. The van der Waals surface area contributed by atoms with Crippen LogP contribution in [0.15, 0.2) is 18.2 Å². The van der Waals surface area contributed by atoms with Crippen molar-refractivity contribution in [1.82, 2.24) is 0 Å². The molecule has 1 atom stereocenters. The summed E-state index contributed by atoms with van der Waals surface area (Å²) in [5.74, 6) is -0.0563. The maximum atomic E-state index is 11.7. The molecule has 0 saturated heterocycles. The SMILES string of the molecule is CC(=O)Nc1cc(NC(=O)CC(C)CN)ccc1C. The number of amides is 2. The van der Waals surface area contributed by atoms with Gasteiger partial charge in [0, 0.05) is 24.7 Å². The van der Waals surface area contributed by atoms with Gasteiger partial charge in [0.05, 0.1) is 0 Å². The third kappa shape index (κ3) is 5.09. The molecule has 1 aromatic rings. The minimum Gasteiger partial charge on any atom is -0.330 e. The third-order valence-electron chi connectivity index (χ3n) is 2.77. The van der Waals surface area contributed by atoms with Crippen molar-refractivity contribution in [3.8, 4) is 0 Å². The highest BCUT2D eigenvalue weighted by Crippen LogP contribution is 2.20.